The van der Waals surface area contributed by atoms with Gasteiger partial charge in [0.25, 0.3) is 5.91 Å². The predicted octanol–water partition coefficient (Wildman–Crippen LogP) is 3.08. The normalized spacial score (nSPS) is 15.9. The second-order valence-corrected chi connectivity index (χ2v) is 7.55. The number of rotatable bonds is 5. The molecule has 0 saturated heterocycles. The van der Waals surface area contributed by atoms with Crippen LogP contribution in [-0.2, 0) is 4.79 Å². The van der Waals surface area contributed by atoms with Gasteiger partial charge in [-0.2, -0.15) is 0 Å². The van der Waals surface area contributed by atoms with Crippen LogP contribution in [0, 0.1) is 5.82 Å². The van der Waals surface area contributed by atoms with Crippen LogP contribution < -0.4 is 15.4 Å². The van der Waals surface area contributed by atoms with Crippen molar-refractivity contribution >= 4 is 33.6 Å². The fourth-order valence-corrected chi connectivity index (χ4v) is 3.32. The van der Waals surface area contributed by atoms with E-state index >= 15 is 0 Å². The zero-order valence-electron chi connectivity index (χ0n) is 15.6. The number of anilines is 1. The minimum Gasteiger partial charge on any atom is -0.497 e. The fourth-order valence-electron chi connectivity index (χ4n) is 2.99. The van der Waals surface area contributed by atoms with Gasteiger partial charge in [0.1, 0.15) is 30.1 Å². The van der Waals surface area contributed by atoms with Crippen molar-refractivity contribution < 1.29 is 18.7 Å². The summed E-state index contributed by atoms with van der Waals surface area (Å²) < 4.78 is 20.4. The van der Waals surface area contributed by atoms with Crippen LogP contribution >= 0.6 is 15.9 Å². The molecule has 2 aromatic rings. The Morgan fingerprint density at radius 2 is 2.18 bits per heavy atom. The molecule has 3 rings (SSSR count). The number of halogens is 2. The Bertz CT molecular complexity index is 922. The van der Waals surface area contributed by atoms with Crippen molar-refractivity contribution in [2.24, 2.45) is 0 Å². The van der Waals surface area contributed by atoms with Crippen molar-refractivity contribution in [2.75, 3.05) is 19.0 Å². The van der Waals surface area contributed by atoms with Gasteiger partial charge in [-0.3, -0.25) is 9.59 Å². The summed E-state index contributed by atoms with van der Waals surface area (Å²) >= 11 is 3.30. The first-order valence-electron chi connectivity index (χ1n) is 8.66. The van der Waals surface area contributed by atoms with Crippen LogP contribution in [0.1, 0.15) is 35.9 Å². The average molecular weight is 451 g/mol. The fraction of sp³-hybridized carbons (Fsp3) is 0.316. The lowest BCUT2D eigenvalue weighted by atomic mass is 10.0. The highest BCUT2D eigenvalue weighted by atomic mass is 79.9. The van der Waals surface area contributed by atoms with Crippen molar-refractivity contribution in [1.29, 1.82) is 0 Å². The number of carbonyl (C=O) groups is 2. The number of ether oxygens (including phenoxy) is 1. The third-order valence-electron chi connectivity index (χ3n) is 4.19. The molecular formula is C19H20BrFN4O3. The molecule has 1 aromatic heterocycles. The van der Waals surface area contributed by atoms with E-state index < -0.39 is 17.9 Å². The van der Waals surface area contributed by atoms with Crippen LogP contribution in [0.5, 0.6) is 5.75 Å². The van der Waals surface area contributed by atoms with Gasteiger partial charge in [-0.15, -0.1) is 0 Å². The highest BCUT2D eigenvalue weighted by molar-refractivity contribution is 9.10. The van der Waals surface area contributed by atoms with Crippen molar-refractivity contribution in [3.8, 4) is 5.75 Å². The molecule has 0 saturated carbocycles. The molecule has 7 nitrogen and oxygen atoms in total. The van der Waals surface area contributed by atoms with Gasteiger partial charge in [-0.1, -0.05) is 0 Å². The molecule has 1 atom stereocenters. The molecular weight excluding hydrogens is 431 g/mol. The van der Waals surface area contributed by atoms with Crippen LogP contribution in [0.25, 0.3) is 0 Å². The summed E-state index contributed by atoms with van der Waals surface area (Å²) in [5, 5.41) is 5.82. The third-order valence-corrected chi connectivity index (χ3v) is 4.63. The summed E-state index contributed by atoms with van der Waals surface area (Å²) in [7, 11) is 1.47. The number of hydrogen-bond acceptors (Lipinski definition) is 5. The van der Waals surface area contributed by atoms with Gasteiger partial charge in [0.15, 0.2) is 0 Å². The minimum atomic E-state index is -0.915. The van der Waals surface area contributed by atoms with Gasteiger partial charge in [0.2, 0.25) is 5.91 Å². The molecule has 2 amide bonds. The highest BCUT2D eigenvalue weighted by Gasteiger charge is 2.36. The lowest BCUT2D eigenvalue weighted by molar-refractivity contribution is -0.122. The summed E-state index contributed by atoms with van der Waals surface area (Å²) in [5.74, 6) is -0.535. The van der Waals surface area contributed by atoms with E-state index in [1.54, 1.807) is 12.3 Å². The Labute approximate surface area is 170 Å². The van der Waals surface area contributed by atoms with Crippen LogP contribution in [0.4, 0.5) is 10.2 Å². The van der Waals surface area contributed by atoms with Crippen molar-refractivity contribution in [3.63, 3.8) is 0 Å². The maximum atomic E-state index is 14.6. The monoisotopic (exact) mass is 450 g/mol. The summed E-state index contributed by atoms with van der Waals surface area (Å²) in [5.41, 5.74) is 0.478. The maximum Gasteiger partial charge on any atom is 0.260 e. The lowest BCUT2D eigenvalue weighted by Crippen LogP contribution is -2.49. The van der Waals surface area contributed by atoms with E-state index in [0.717, 1.165) is 0 Å². The molecule has 1 unspecified atom stereocenters. The van der Waals surface area contributed by atoms with Crippen LogP contribution in [0.2, 0.25) is 0 Å². The molecule has 9 heteroatoms. The topological polar surface area (TPSA) is 83.6 Å². The minimum absolute atomic E-state index is 0.0875. The first-order chi connectivity index (χ1) is 13.3. The number of nitrogens with zero attached hydrogens (tertiary/aromatic N) is 2. The van der Waals surface area contributed by atoms with Gasteiger partial charge in [-0.05, 0) is 54.0 Å². The SMILES string of the molecule is COc1ccc(F)c(C2Nc3ncc(Br)cc3C(=O)N2CC(=O)NC(C)C)c1. The number of methoxy groups -OCH3 is 1. The quantitative estimate of drug-likeness (QED) is 0.730. The Kier molecular flexibility index (Phi) is 5.83. The molecule has 1 aliphatic heterocycles. The van der Waals surface area contributed by atoms with Gasteiger partial charge in [0.05, 0.1) is 12.7 Å². The summed E-state index contributed by atoms with van der Waals surface area (Å²) in [6.45, 7) is 3.41. The standard InChI is InChI=1S/C19H20BrFN4O3/c1-10(2)23-16(26)9-25-18(13-7-12(28-3)4-5-15(13)21)24-17-14(19(25)27)6-11(20)8-22-17/h4-8,10,18H,9H2,1-3H3,(H,22,24)(H,23,26). The molecule has 0 spiro atoms. The van der Waals surface area contributed by atoms with E-state index in [1.165, 1.54) is 30.2 Å². The zero-order valence-corrected chi connectivity index (χ0v) is 17.2. The Hall–Kier alpha value is -2.68. The number of aromatic nitrogens is 1. The van der Waals surface area contributed by atoms with Crippen LogP contribution in [0.15, 0.2) is 34.9 Å². The molecule has 28 heavy (non-hydrogen) atoms. The van der Waals surface area contributed by atoms with Crippen molar-refractivity contribution in [1.82, 2.24) is 15.2 Å². The largest absolute Gasteiger partial charge is 0.497 e. The number of fused-ring (bicyclic) bond motifs is 1. The Morgan fingerprint density at radius 3 is 2.86 bits per heavy atom. The van der Waals surface area contributed by atoms with Crippen LogP contribution in [-0.4, -0.2) is 41.4 Å². The van der Waals surface area contributed by atoms with E-state index in [9.17, 15) is 14.0 Å². The molecule has 148 valence electrons. The van der Waals surface area contributed by atoms with Crippen LogP contribution in [0.3, 0.4) is 0 Å². The second-order valence-electron chi connectivity index (χ2n) is 6.64. The Balaban J connectivity index is 2.05. The van der Waals surface area contributed by atoms with Gasteiger partial charge >= 0.3 is 0 Å². The number of pyridine rings is 1. The number of hydrogen-bond donors (Lipinski definition) is 2. The smallest absolute Gasteiger partial charge is 0.260 e. The zero-order chi connectivity index (χ0) is 20.4. The number of nitrogens with one attached hydrogen (secondary N) is 2. The molecule has 1 aromatic carbocycles. The molecule has 0 bridgehead atoms. The molecule has 0 fully saturated rings. The Morgan fingerprint density at radius 1 is 1.43 bits per heavy atom. The van der Waals surface area contributed by atoms with E-state index in [2.05, 4.69) is 31.5 Å². The number of amides is 2. The summed E-state index contributed by atoms with van der Waals surface area (Å²) in [6.07, 6.45) is 0.626. The first-order valence-corrected chi connectivity index (χ1v) is 9.45. The number of carbonyl (C=O) groups excluding carboxylic acids is 2. The lowest BCUT2D eigenvalue weighted by Gasteiger charge is -2.37. The molecule has 2 N–H and O–H groups in total. The maximum absolute atomic E-state index is 14.6. The van der Waals surface area contributed by atoms with E-state index in [1.807, 2.05) is 13.8 Å². The summed E-state index contributed by atoms with van der Waals surface area (Å²) in [6, 6.07) is 5.77. The highest BCUT2D eigenvalue weighted by Crippen LogP contribution is 2.35. The predicted molar refractivity (Wildman–Crippen MR) is 106 cm³/mol. The third kappa shape index (κ3) is 4.09. The van der Waals surface area contributed by atoms with E-state index in [0.29, 0.717) is 21.6 Å². The summed E-state index contributed by atoms with van der Waals surface area (Å²) in [4.78, 5) is 31.0. The van der Waals surface area contributed by atoms with Gasteiger partial charge in [-0.25, -0.2) is 9.37 Å². The van der Waals surface area contributed by atoms with Gasteiger partial charge in [0, 0.05) is 22.3 Å². The molecule has 0 aliphatic carbocycles. The van der Waals surface area contributed by atoms with E-state index in [-0.39, 0.29) is 24.1 Å². The second kappa shape index (κ2) is 8.14. The average Bonchev–Trinajstić information content (AvgIpc) is 2.64. The van der Waals surface area contributed by atoms with Crippen molar-refractivity contribution in [3.05, 3.63) is 51.9 Å². The van der Waals surface area contributed by atoms with Gasteiger partial charge < -0.3 is 20.3 Å². The molecule has 2 heterocycles. The number of benzene rings is 1. The first kappa shape index (κ1) is 20.1. The van der Waals surface area contributed by atoms with E-state index in [4.69, 9.17) is 4.74 Å². The molecule has 1 aliphatic rings. The van der Waals surface area contributed by atoms with Crippen molar-refractivity contribution in [2.45, 2.75) is 26.1 Å². The molecule has 0 radical (unpaired) electrons.